The van der Waals surface area contributed by atoms with Gasteiger partial charge in [0.2, 0.25) is 0 Å². The molecule has 2 rings (SSSR count). The molecule has 2 N–H and O–H groups in total. The van der Waals surface area contributed by atoms with E-state index in [1.54, 1.807) is 18.2 Å². The molecule has 0 aliphatic rings. The number of aromatic nitrogens is 1. The van der Waals surface area contributed by atoms with Crippen molar-refractivity contribution in [3.05, 3.63) is 63.9 Å². The van der Waals surface area contributed by atoms with E-state index in [1.165, 1.54) is 18.3 Å². The van der Waals surface area contributed by atoms with Crippen molar-refractivity contribution in [1.82, 2.24) is 10.3 Å². The van der Waals surface area contributed by atoms with E-state index in [9.17, 15) is 9.59 Å². The molecular weight excluding hydrogens is 292 g/mol. The van der Waals surface area contributed by atoms with Crippen LogP contribution in [0.15, 0.2) is 36.5 Å². The number of carboxylic acid groups (broad SMARTS) is 1. The van der Waals surface area contributed by atoms with Crippen molar-refractivity contribution in [2.75, 3.05) is 0 Å². The van der Waals surface area contributed by atoms with Crippen molar-refractivity contribution in [1.29, 1.82) is 0 Å². The Hall–Kier alpha value is -2.40. The minimum Gasteiger partial charge on any atom is -0.478 e. The van der Waals surface area contributed by atoms with Crippen molar-refractivity contribution in [2.24, 2.45) is 0 Å². The Labute approximate surface area is 126 Å². The van der Waals surface area contributed by atoms with Crippen molar-refractivity contribution < 1.29 is 14.7 Å². The Morgan fingerprint density at radius 3 is 2.71 bits per heavy atom. The van der Waals surface area contributed by atoms with Gasteiger partial charge < -0.3 is 10.4 Å². The number of carbonyl (C=O) groups is 2. The highest BCUT2D eigenvalue weighted by Crippen LogP contribution is 2.17. The summed E-state index contributed by atoms with van der Waals surface area (Å²) in [6.07, 6.45) is 1.39. The average molecular weight is 305 g/mol. The van der Waals surface area contributed by atoms with Crippen molar-refractivity contribution >= 4 is 23.5 Å². The molecule has 5 nitrogen and oxygen atoms in total. The Kier molecular flexibility index (Phi) is 4.55. The number of aromatic carboxylic acids is 1. The highest BCUT2D eigenvalue weighted by atomic mass is 35.5. The number of aryl methyl sites for hydroxylation is 1. The van der Waals surface area contributed by atoms with Crippen LogP contribution in [0.1, 0.15) is 32.0 Å². The van der Waals surface area contributed by atoms with Gasteiger partial charge in [0, 0.05) is 6.20 Å². The van der Waals surface area contributed by atoms with E-state index >= 15 is 0 Å². The third-order valence-corrected chi connectivity index (χ3v) is 3.18. The fourth-order valence-electron chi connectivity index (χ4n) is 1.78. The molecule has 0 saturated carbocycles. The Morgan fingerprint density at radius 1 is 1.29 bits per heavy atom. The lowest BCUT2D eigenvalue weighted by Crippen LogP contribution is -2.23. The summed E-state index contributed by atoms with van der Waals surface area (Å²) in [6, 6.07) is 7.96. The number of hydrogen-bond acceptors (Lipinski definition) is 3. The first kappa shape index (κ1) is 15.0. The second-order valence-corrected chi connectivity index (χ2v) is 4.91. The maximum absolute atomic E-state index is 12.0. The topological polar surface area (TPSA) is 79.3 Å². The van der Waals surface area contributed by atoms with Crippen LogP contribution in [0.5, 0.6) is 0 Å². The number of rotatable bonds is 4. The highest BCUT2D eigenvalue weighted by Gasteiger charge is 2.11. The van der Waals surface area contributed by atoms with Gasteiger partial charge in [-0.2, -0.15) is 0 Å². The van der Waals surface area contributed by atoms with E-state index in [1.807, 2.05) is 6.92 Å². The van der Waals surface area contributed by atoms with Crippen molar-refractivity contribution in [3.8, 4) is 0 Å². The van der Waals surface area contributed by atoms with Gasteiger partial charge in [-0.3, -0.25) is 9.78 Å². The minimum absolute atomic E-state index is 0.127. The van der Waals surface area contributed by atoms with Gasteiger partial charge in [0.05, 0.1) is 28.4 Å². The molecule has 108 valence electrons. The zero-order valence-corrected chi connectivity index (χ0v) is 12.0. The first-order valence-corrected chi connectivity index (χ1v) is 6.58. The van der Waals surface area contributed by atoms with E-state index < -0.39 is 5.97 Å². The molecule has 0 saturated heterocycles. The van der Waals surface area contributed by atoms with Gasteiger partial charge in [-0.05, 0) is 36.8 Å². The molecule has 0 radical (unpaired) electrons. The zero-order valence-electron chi connectivity index (χ0n) is 11.3. The highest BCUT2D eigenvalue weighted by molar-refractivity contribution is 6.33. The molecule has 0 aliphatic carbocycles. The molecule has 0 spiro atoms. The van der Waals surface area contributed by atoms with Crippen LogP contribution in [0.25, 0.3) is 0 Å². The predicted molar refractivity (Wildman–Crippen MR) is 78.6 cm³/mol. The molecule has 2 aromatic rings. The fraction of sp³-hybridized carbons (Fsp3) is 0.133. The summed E-state index contributed by atoms with van der Waals surface area (Å²) in [6.45, 7) is 2.01. The SMILES string of the molecule is Cc1ccc(C(=O)NCc2cc(C(=O)O)ccn2)c(Cl)c1. The van der Waals surface area contributed by atoms with E-state index in [2.05, 4.69) is 10.3 Å². The van der Waals surface area contributed by atoms with Crippen LogP contribution in [0.3, 0.4) is 0 Å². The van der Waals surface area contributed by atoms with Gasteiger partial charge in [-0.1, -0.05) is 17.7 Å². The lowest BCUT2D eigenvalue weighted by atomic mass is 10.1. The Morgan fingerprint density at radius 2 is 2.05 bits per heavy atom. The van der Waals surface area contributed by atoms with Gasteiger partial charge >= 0.3 is 5.97 Å². The number of carbonyl (C=O) groups excluding carboxylic acids is 1. The summed E-state index contributed by atoms with van der Waals surface area (Å²) < 4.78 is 0. The summed E-state index contributed by atoms with van der Waals surface area (Å²) >= 11 is 6.02. The number of halogens is 1. The van der Waals surface area contributed by atoms with E-state index in [0.29, 0.717) is 16.3 Å². The monoisotopic (exact) mass is 304 g/mol. The normalized spacial score (nSPS) is 10.2. The van der Waals surface area contributed by atoms with Crippen LogP contribution >= 0.6 is 11.6 Å². The molecule has 1 amide bonds. The molecular formula is C15H13ClN2O3. The van der Waals surface area contributed by atoms with Crippen molar-refractivity contribution in [2.45, 2.75) is 13.5 Å². The molecule has 0 fully saturated rings. The second kappa shape index (κ2) is 6.37. The summed E-state index contributed by atoms with van der Waals surface area (Å²) in [5.41, 5.74) is 1.93. The third kappa shape index (κ3) is 3.79. The molecule has 0 atom stereocenters. The predicted octanol–water partition coefficient (Wildman–Crippen LogP) is 2.67. The van der Waals surface area contributed by atoms with Crippen LogP contribution in [-0.2, 0) is 6.54 Å². The first-order valence-electron chi connectivity index (χ1n) is 6.20. The Bertz CT molecular complexity index is 701. The number of pyridine rings is 1. The van der Waals surface area contributed by atoms with Crippen LogP contribution in [0, 0.1) is 6.92 Å². The minimum atomic E-state index is -1.04. The maximum atomic E-state index is 12.0. The molecule has 1 aromatic heterocycles. The largest absolute Gasteiger partial charge is 0.478 e. The van der Waals surface area contributed by atoms with Crippen molar-refractivity contribution in [3.63, 3.8) is 0 Å². The Balaban J connectivity index is 2.07. The van der Waals surface area contributed by atoms with E-state index in [0.717, 1.165) is 5.56 Å². The molecule has 6 heteroatoms. The summed E-state index contributed by atoms with van der Waals surface area (Å²) in [7, 11) is 0. The zero-order chi connectivity index (χ0) is 15.4. The molecule has 21 heavy (non-hydrogen) atoms. The number of benzene rings is 1. The van der Waals surface area contributed by atoms with Gasteiger partial charge in [0.25, 0.3) is 5.91 Å². The lowest BCUT2D eigenvalue weighted by molar-refractivity contribution is 0.0696. The fourth-order valence-corrected chi connectivity index (χ4v) is 2.10. The average Bonchev–Trinajstić information content (AvgIpc) is 2.45. The van der Waals surface area contributed by atoms with Gasteiger partial charge in [0.1, 0.15) is 0 Å². The summed E-state index contributed by atoms with van der Waals surface area (Å²) in [5, 5.41) is 11.9. The number of amides is 1. The summed E-state index contributed by atoms with van der Waals surface area (Å²) in [5.74, 6) is -1.37. The van der Waals surface area contributed by atoms with Crippen LogP contribution in [0.2, 0.25) is 5.02 Å². The molecule has 0 bridgehead atoms. The van der Waals surface area contributed by atoms with Crippen LogP contribution in [0.4, 0.5) is 0 Å². The van der Waals surface area contributed by atoms with E-state index in [-0.39, 0.29) is 18.0 Å². The molecule has 1 heterocycles. The quantitative estimate of drug-likeness (QED) is 0.910. The van der Waals surface area contributed by atoms with Gasteiger partial charge in [-0.15, -0.1) is 0 Å². The second-order valence-electron chi connectivity index (χ2n) is 4.51. The smallest absolute Gasteiger partial charge is 0.335 e. The van der Waals surface area contributed by atoms with Crippen LogP contribution in [-0.4, -0.2) is 22.0 Å². The van der Waals surface area contributed by atoms with Crippen LogP contribution < -0.4 is 5.32 Å². The number of carboxylic acids is 1. The molecule has 1 aromatic carbocycles. The van der Waals surface area contributed by atoms with Gasteiger partial charge in [0.15, 0.2) is 0 Å². The molecule has 0 aliphatic heterocycles. The third-order valence-electron chi connectivity index (χ3n) is 2.86. The number of nitrogens with zero attached hydrogens (tertiary/aromatic N) is 1. The summed E-state index contributed by atoms with van der Waals surface area (Å²) in [4.78, 5) is 26.9. The number of nitrogens with one attached hydrogen (secondary N) is 1. The van der Waals surface area contributed by atoms with E-state index in [4.69, 9.17) is 16.7 Å². The first-order chi connectivity index (χ1) is 9.97. The number of hydrogen-bond donors (Lipinski definition) is 2. The van der Waals surface area contributed by atoms with Gasteiger partial charge in [-0.25, -0.2) is 4.79 Å². The molecule has 0 unspecified atom stereocenters. The standard InChI is InChI=1S/C15H13ClN2O3/c1-9-2-3-12(13(16)6-9)14(19)18-8-11-7-10(15(20)21)4-5-17-11/h2-7H,8H2,1H3,(H,18,19)(H,20,21). The maximum Gasteiger partial charge on any atom is 0.335 e. The lowest BCUT2D eigenvalue weighted by Gasteiger charge is -2.07.